The van der Waals surface area contributed by atoms with E-state index >= 15 is 0 Å². The van der Waals surface area contributed by atoms with Crippen LogP contribution in [0.3, 0.4) is 0 Å². The van der Waals surface area contributed by atoms with Gasteiger partial charge >= 0.3 is 5.97 Å². The largest absolute Gasteiger partial charge is 0.490 e. The first-order valence-electron chi connectivity index (χ1n) is 12.5. The summed E-state index contributed by atoms with van der Waals surface area (Å²) in [5, 5.41) is 14.9. The second-order valence-corrected chi connectivity index (χ2v) is 10.7. The van der Waals surface area contributed by atoms with Crippen molar-refractivity contribution in [3.05, 3.63) is 40.2 Å². The number of ether oxygens (including phenoxy) is 2. The number of carbonyl (C=O) groups is 1. The van der Waals surface area contributed by atoms with Crippen LogP contribution in [-0.4, -0.2) is 39.4 Å². The van der Waals surface area contributed by atoms with Crippen molar-refractivity contribution in [2.75, 3.05) is 18.5 Å². The van der Waals surface area contributed by atoms with Crippen LogP contribution in [0, 0.1) is 13.8 Å². The van der Waals surface area contributed by atoms with Gasteiger partial charge in [0.15, 0.2) is 6.10 Å². The van der Waals surface area contributed by atoms with Gasteiger partial charge in [0.25, 0.3) is 0 Å². The lowest BCUT2D eigenvalue weighted by Crippen LogP contribution is -2.28. The number of nitrogens with one attached hydrogen (secondary N) is 1. The molecule has 0 saturated carbocycles. The summed E-state index contributed by atoms with van der Waals surface area (Å²) in [5.41, 5.74) is 8.12. The van der Waals surface area contributed by atoms with Gasteiger partial charge in [-0.25, -0.2) is 9.78 Å². The number of hydrogen-bond acceptors (Lipinski definition) is 5. The maximum Gasteiger partial charge on any atom is 0.337 e. The highest BCUT2D eigenvalue weighted by Gasteiger charge is 2.35. The molecular formula is C28H35N3O4. The van der Waals surface area contributed by atoms with E-state index in [1.807, 2.05) is 33.8 Å². The molecule has 7 heteroatoms. The Morgan fingerprint density at radius 3 is 2.69 bits per heavy atom. The van der Waals surface area contributed by atoms with E-state index in [0.29, 0.717) is 17.9 Å². The second-order valence-electron chi connectivity index (χ2n) is 10.7. The molecule has 1 unspecified atom stereocenters. The summed E-state index contributed by atoms with van der Waals surface area (Å²) >= 11 is 0. The Balaban J connectivity index is 1.90. The molecule has 0 spiro atoms. The zero-order chi connectivity index (χ0) is 25.1. The molecule has 0 fully saturated rings. The van der Waals surface area contributed by atoms with E-state index in [1.165, 1.54) is 11.3 Å². The number of aromatic nitrogens is 2. The van der Waals surface area contributed by atoms with Crippen molar-refractivity contribution in [3.63, 3.8) is 0 Å². The third kappa shape index (κ3) is 3.96. The Kier molecular flexibility index (Phi) is 5.79. The average molecular weight is 478 g/mol. The van der Waals surface area contributed by atoms with Crippen molar-refractivity contribution >= 4 is 22.7 Å². The van der Waals surface area contributed by atoms with Gasteiger partial charge in [-0.2, -0.15) is 0 Å². The lowest BCUT2D eigenvalue weighted by atomic mass is 9.86. The number of fused-ring (bicyclic) bond motifs is 4. The number of pyridine rings is 1. The fourth-order valence-corrected chi connectivity index (χ4v) is 5.71. The van der Waals surface area contributed by atoms with Crippen LogP contribution in [0.25, 0.3) is 22.2 Å². The molecule has 0 radical (unpaired) electrons. The van der Waals surface area contributed by atoms with Crippen molar-refractivity contribution in [1.82, 2.24) is 9.55 Å². The molecule has 2 aromatic heterocycles. The quantitative estimate of drug-likeness (QED) is 0.517. The normalized spacial score (nSPS) is 16.3. The summed E-state index contributed by atoms with van der Waals surface area (Å²) < 4.78 is 14.3. The molecular weight excluding hydrogens is 442 g/mol. The first kappa shape index (κ1) is 23.7. The molecule has 0 amide bonds. The molecule has 2 aliphatic rings. The molecule has 0 saturated heterocycles. The van der Waals surface area contributed by atoms with Crippen LogP contribution in [0.2, 0.25) is 0 Å². The van der Waals surface area contributed by atoms with Gasteiger partial charge < -0.3 is 24.5 Å². The smallest absolute Gasteiger partial charge is 0.337 e. The number of aliphatic carboxylic acids is 1. The highest BCUT2D eigenvalue weighted by atomic mass is 16.5. The highest BCUT2D eigenvalue weighted by molar-refractivity contribution is 6.02. The van der Waals surface area contributed by atoms with E-state index in [1.54, 1.807) is 0 Å². The molecule has 5 rings (SSSR count). The van der Waals surface area contributed by atoms with Gasteiger partial charge in [-0.1, -0.05) is 6.07 Å². The van der Waals surface area contributed by atoms with Gasteiger partial charge in [0, 0.05) is 41.5 Å². The molecule has 35 heavy (non-hydrogen) atoms. The van der Waals surface area contributed by atoms with Crippen LogP contribution in [-0.2, 0) is 29.4 Å². The van der Waals surface area contributed by atoms with Gasteiger partial charge in [0.2, 0.25) is 0 Å². The van der Waals surface area contributed by atoms with Crippen molar-refractivity contribution < 1.29 is 19.4 Å². The maximum absolute atomic E-state index is 12.7. The molecule has 1 aliphatic carbocycles. The predicted octanol–water partition coefficient (Wildman–Crippen LogP) is 5.48. The average Bonchev–Trinajstić information content (AvgIpc) is 3.09. The Morgan fingerprint density at radius 2 is 1.97 bits per heavy atom. The van der Waals surface area contributed by atoms with E-state index in [9.17, 15) is 9.90 Å². The number of nitrogens with zero attached hydrogens (tertiary/aromatic N) is 2. The number of carboxylic acids is 1. The second kappa shape index (κ2) is 8.55. The minimum absolute atomic E-state index is 0.627. The number of aryl methyl sites for hydroxylation is 3. The van der Waals surface area contributed by atoms with Crippen molar-refractivity contribution in [1.29, 1.82) is 0 Å². The Labute approximate surface area is 206 Å². The van der Waals surface area contributed by atoms with Gasteiger partial charge in [0.1, 0.15) is 18.0 Å². The van der Waals surface area contributed by atoms with Crippen LogP contribution in [0.15, 0.2) is 12.1 Å². The lowest BCUT2D eigenvalue weighted by molar-refractivity contribution is -0.160. The molecule has 1 aromatic carbocycles. The van der Waals surface area contributed by atoms with Crippen LogP contribution in [0.5, 0.6) is 5.75 Å². The van der Waals surface area contributed by atoms with Crippen LogP contribution >= 0.6 is 0 Å². The van der Waals surface area contributed by atoms with E-state index in [2.05, 4.69) is 29.9 Å². The minimum atomic E-state index is -1.14. The SMILES string of the molecule is Cc1nc2c(c3c(n2C)CCCC3)c(-c2ccc3c(c2C)NCCO3)c1C(OC(C)(C)C)C(=O)O. The van der Waals surface area contributed by atoms with Crippen molar-refractivity contribution in [3.8, 4) is 16.9 Å². The molecule has 7 nitrogen and oxygen atoms in total. The maximum atomic E-state index is 12.7. The molecule has 0 bridgehead atoms. The molecule has 186 valence electrons. The monoisotopic (exact) mass is 477 g/mol. The highest BCUT2D eigenvalue weighted by Crippen LogP contribution is 2.47. The van der Waals surface area contributed by atoms with E-state index < -0.39 is 17.7 Å². The van der Waals surface area contributed by atoms with Gasteiger partial charge in [-0.05, 0) is 83.1 Å². The first-order valence-corrected chi connectivity index (χ1v) is 12.5. The van der Waals surface area contributed by atoms with Gasteiger partial charge in [-0.15, -0.1) is 0 Å². The summed E-state index contributed by atoms with van der Waals surface area (Å²) in [6.45, 7) is 11.0. The molecule has 2 N–H and O–H groups in total. The number of benzene rings is 1. The molecule has 3 aromatic rings. The van der Waals surface area contributed by atoms with Gasteiger partial charge in [0.05, 0.1) is 11.3 Å². The van der Waals surface area contributed by atoms with Crippen LogP contribution < -0.4 is 10.1 Å². The van der Waals surface area contributed by atoms with Crippen molar-refractivity contribution in [2.24, 2.45) is 7.05 Å². The van der Waals surface area contributed by atoms with E-state index in [4.69, 9.17) is 14.5 Å². The number of carboxylic acid groups (broad SMARTS) is 1. The summed E-state index contributed by atoms with van der Waals surface area (Å²) in [4.78, 5) is 17.7. The zero-order valence-electron chi connectivity index (χ0n) is 21.5. The summed E-state index contributed by atoms with van der Waals surface area (Å²) in [6.07, 6.45) is 3.11. The van der Waals surface area contributed by atoms with Crippen molar-refractivity contribution in [2.45, 2.75) is 72.0 Å². The van der Waals surface area contributed by atoms with Crippen LogP contribution in [0.1, 0.15) is 67.8 Å². The van der Waals surface area contributed by atoms with E-state index in [0.717, 1.165) is 71.4 Å². The fourth-order valence-electron chi connectivity index (χ4n) is 5.71. The van der Waals surface area contributed by atoms with E-state index in [-0.39, 0.29) is 0 Å². The number of hydrogen-bond donors (Lipinski definition) is 2. The van der Waals surface area contributed by atoms with Crippen LogP contribution in [0.4, 0.5) is 5.69 Å². The van der Waals surface area contributed by atoms with Gasteiger partial charge in [-0.3, -0.25) is 0 Å². The number of rotatable bonds is 4. The fraction of sp³-hybridized carbons (Fsp3) is 0.500. The Bertz CT molecular complexity index is 1330. The zero-order valence-corrected chi connectivity index (χ0v) is 21.5. The third-order valence-electron chi connectivity index (χ3n) is 7.18. The lowest BCUT2D eigenvalue weighted by Gasteiger charge is -2.29. The third-order valence-corrected chi connectivity index (χ3v) is 7.18. The first-order chi connectivity index (χ1) is 16.6. The standard InChI is InChI=1S/C28H35N3O4/c1-15-17(11-12-20-24(15)29-13-14-34-20)22-21(25(27(32)33)35-28(3,4)5)16(2)30-26-23(22)18-9-7-8-10-19(18)31(26)6/h11-12,25,29H,7-10,13-14H2,1-6H3,(H,32,33). The number of anilines is 1. The summed E-state index contributed by atoms with van der Waals surface area (Å²) in [7, 11) is 2.08. The molecule has 3 heterocycles. The molecule has 1 atom stereocenters. The summed E-state index contributed by atoms with van der Waals surface area (Å²) in [5.74, 6) is -0.177. The minimum Gasteiger partial charge on any atom is -0.490 e. The molecule has 1 aliphatic heterocycles. The Hall–Kier alpha value is -3.06. The topological polar surface area (TPSA) is 85.6 Å². The Morgan fingerprint density at radius 1 is 1.23 bits per heavy atom. The predicted molar refractivity (Wildman–Crippen MR) is 137 cm³/mol. The summed E-state index contributed by atoms with van der Waals surface area (Å²) in [6, 6.07) is 4.06.